The first-order valence-electron chi connectivity index (χ1n) is 20.4. The average Bonchev–Trinajstić information content (AvgIpc) is 3.31. The van der Waals surface area contributed by atoms with Gasteiger partial charge in [0.05, 0.1) is 5.52 Å². The molecule has 0 saturated heterocycles. The van der Waals surface area contributed by atoms with Crippen LogP contribution in [0.2, 0.25) is 0 Å². The SMILES string of the molecule is O=c1c2ccccc2c2cc(-c3ccc4c(-c5cccc(-c6ccccc6)c5)c5ccccc5c(-c5cccc(C6=CCCC=C6)c5)c4c3)ccc2n1-c1ccccc1. The summed E-state index contributed by atoms with van der Waals surface area (Å²) in [6, 6.07) is 69.1. The van der Waals surface area contributed by atoms with E-state index in [-0.39, 0.29) is 5.56 Å². The number of para-hydroxylation sites is 1. The Morgan fingerprint density at radius 1 is 0.356 bits per heavy atom. The molecule has 11 rings (SSSR count). The predicted molar refractivity (Wildman–Crippen MR) is 250 cm³/mol. The Kier molecular flexibility index (Phi) is 8.48. The second kappa shape index (κ2) is 14.4. The van der Waals surface area contributed by atoms with Gasteiger partial charge >= 0.3 is 0 Å². The number of aromatic nitrogens is 1. The van der Waals surface area contributed by atoms with Gasteiger partial charge in [-0.05, 0) is 144 Å². The summed E-state index contributed by atoms with van der Waals surface area (Å²) in [4.78, 5) is 14.1. The highest BCUT2D eigenvalue weighted by Gasteiger charge is 2.20. The Balaban J connectivity index is 1.19. The maximum atomic E-state index is 14.1. The summed E-state index contributed by atoms with van der Waals surface area (Å²) in [6.45, 7) is 0. The van der Waals surface area contributed by atoms with Crippen LogP contribution in [-0.2, 0) is 0 Å². The third-order valence-electron chi connectivity index (χ3n) is 12.0. The van der Waals surface area contributed by atoms with Gasteiger partial charge in [0.25, 0.3) is 5.56 Å². The fourth-order valence-corrected chi connectivity index (χ4v) is 9.24. The van der Waals surface area contributed by atoms with Gasteiger partial charge in [0.15, 0.2) is 0 Å². The second-order valence-corrected chi connectivity index (χ2v) is 15.5. The first-order chi connectivity index (χ1) is 29.2. The topological polar surface area (TPSA) is 22.0 Å². The largest absolute Gasteiger partial charge is 0.276 e. The van der Waals surface area contributed by atoms with Gasteiger partial charge < -0.3 is 0 Å². The van der Waals surface area contributed by atoms with Gasteiger partial charge in [0, 0.05) is 16.5 Å². The fourth-order valence-electron chi connectivity index (χ4n) is 9.24. The lowest BCUT2D eigenvalue weighted by molar-refractivity contribution is 1.04. The molecule has 0 fully saturated rings. The lowest BCUT2D eigenvalue weighted by Gasteiger charge is -2.20. The summed E-state index contributed by atoms with van der Waals surface area (Å²) in [7, 11) is 0. The van der Waals surface area contributed by atoms with E-state index >= 15 is 0 Å². The highest BCUT2D eigenvalue weighted by Crippen LogP contribution is 2.46. The standard InChI is InChI=1S/C57H39NO/c59-57-51-29-13-10-26-47(51)52-36-43(31-33-54(52)58(57)46-24-8-3-9-25-46)42-30-32-50-53(37-42)56(45-23-15-21-41(35-45)39-18-6-2-7-19-39)49-28-12-11-27-48(49)55(50)44-22-14-20-40(34-44)38-16-4-1-5-17-38/h1,3-6,8-37H,2,7H2. The van der Waals surface area contributed by atoms with Gasteiger partial charge in [-0.1, -0.05) is 164 Å². The van der Waals surface area contributed by atoms with Crippen LogP contribution in [-0.4, -0.2) is 4.57 Å². The number of benzene rings is 9. The van der Waals surface area contributed by atoms with Crippen molar-refractivity contribution < 1.29 is 0 Å². The third-order valence-corrected chi connectivity index (χ3v) is 12.0. The number of allylic oxidation sites excluding steroid dienone is 4. The Morgan fingerprint density at radius 2 is 0.881 bits per heavy atom. The average molecular weight is 754 g/mol. The normalized spacial score (nSPS) is 12.7. The fraction of sp³-hybridized carbons (Fsp3) is 0.0351. The van der Waals surface area contributed by atoms with E-state index in [1.165, 1.54) is 66.1 Å². The summed E-state index contributed by atoms with van der Waals surface area (Å²) < 4.78 is 1.85. The molecule has 1 heterocycles. The van der Waals surface area contributed by atoms with Crippen molar-refractivity contribution >= 4 is 48.8 Å². The lowest BCUT2D eigenvalue weighted by atomic mass is 9.83. The van der Waals surface area contributed by atoms with Crippen molar-refractivity contribution in [3.63, 3.8) is 0 Å². The van der Waals surface area contributed by atoms with E-state index in [0.29, 0.717) is 5.39 Å². The molecule has 2 nitrogen and oxygen atoms in total. The van der Waals surface area contributed by atoms with Crippen molar-refractivity contribution in [3.8, 4) is 50.2 Å². The van der Waals surface area contributed by atoms with Crippen molar-refractivity contribution in [1.82, 2.24) is 4.57 Å². The highest BCUT2D eigenvalue weighted by molar-refractivity contribution is 6.22. The molecule has 1 aliphatic rings. The quantitative estimate of drug-likeness (QED) is 0.122. The molecule has 10 aromatic rings. The van der Waals surface area contributed by atoms with Crippen molar-refractivity contribution in [2.45, 2.75) is 12.8 Å². The van der Waals surface area contributed by atoms with Crippen LogP contribution >= 0.6 is 0 Å². The number of pyridine rings is 1. The number of hydrogen-bond acceptors (Lipinski definition) is 1. The second-order valence-electron chi connectivity index (χ2n) is 15.5. The molecule has 0 spiro atoms. The minimum atomic E-state index is -0.0140. The maximum Gasteiger partial charge on any atom is 0.263 e. The molecule has 1 aromatic heterocycles. The molecule has 0 N–H and O–H groups in total. The zero-order valence-electron chi connectivity index (χ0n) is 32.5. The van der Waals surface area contributed by atoms with Crippen molar-refractivity contribution in [3.05, 3.63) is 228 Å². The lowest BCUT2D eigenvalue weighted by Crippen LogP contribution is -2.19. The van der Waals surface area contributed by atoms with E-state index < -0.39 is 0 Å². The molecule has 9 aromatic carbocycles. The van der Waals surface area contributed by atoms with Crippen LogP contribution in [0.1, 0.15) is 18.4 Å². The van der Waals surface area contributed by atoms with Crippen LogP contribution in [0.4, 0.5) is 0 Å². The summed E-state index contributed by atoms with van der Waals surface area (Å²) in [5.74, 6) is 0. The molecule has 0 unspecified atom stereocenters. The first-order valence-corrected chi connectivity index (χ1v) is 20.4. The predicted octanol–water partition coefficient (Wildman–Crippen LogP) is 14.9. The van der Waals surface area contributed by atoms with Crippen molar-refractivity contribution in [2.75, 3.05) is 0 Å². The summed E-state index contributed by atoms with van der Waals surface area (Å²) in [6.07, 6.45) is 9.05. The molecule has 0 amide bonds. The molecule has 1 aliphatic carbocycles. The van der Waals surface area contributed by atoms with Gasteiger partial charge in [0.2, 0.25) is 0 Å². The molecule has 59 heavy (non-hydrogen) atoms. The van der Waals surface area contributed by atoms with E-state index in [4.69, 9.17) is 0 Å². The Hall–Kier alpha value is -7.55. The van der Waals surface area contributed by atoms with E-state index in [1.807, 2.05) is 53.1 Å². The number of fused-ring (bicyclic) bond motifs is 5. The summed E-state index contributed by atoms with van der Waals surface area (Å²) in [5, 5.41) is 7.56. The minimum absolute atomic E-state index is 0.0140. The smallest absolute Gasteiger partial charge is 0.263 e. The molecule has 0 atom stereocenters. The molecular weight excluding hydrogens is 715 g/mol. The minimum Gasteiger partial charge on any atom is -0.276 e. The molecule has 0 bridgehead atoms. The molecule has 0 radical (unpaired) electrons. The van der Waals surface area contributed by atoms with E-state index in [9.17, 15) is 4.79 Å². The van der Waals surface area contributed by atoms with Gasteiger partial charge in [0.1, 0.15) is 0 Å². The van der Waals surface area contributed by atoms with Crippen LogP contribution in [0.15, 0.2) is 217 Å². The molecular formula is C57H39NO. The zero-order valence-corrected chi connectivity index (χ0v) is 32.5. The van der Waals surface area contributed by atoms with E-state index in [2.05, 4.69) is 164 Å². The van der Waals surface area contributed by atoms with Crippen molar-refractivity contribution in [2.24, 2.45) is 0 Å². The Morgan fingerprint density at radius 3 is 1.59 bits per heavy atom. The van der Waals surface area contributed by atoms with Gasteiger partial charge in [-0.3, -0.25) is 9.36 Å². The van der Waals surface area contributed by atoms with Gasteiger partial charge in [-0.15, -0.1) is 0 Å². The van der Waals surface area contributed by atoms with Crippen LogP contribution in [0, 0.1) is 0 Å². The first kappa shape index (κ1) is 34.7. The van der Waals surface area contributed by atoms with E-state index in [1.54, 1.807) is 0 Å². The van der Waals surface area contributed by atoms with Crippen LogP contribution in [0.3, 0.4) is 0 Å². The monoisotopic (exact) mass is 753 g/mol. The number of hydrogen-bond donors (Lipinski definition) is 0. The van der Waals surface area contributed by atoms with Crippen molar-refractivity contribution in [1.29, 1.82) is 0 Å². The van der Waals surface area contributed by atoms with Crippen LogP contribution in [0.5, 0.6) is 0 Å². The summed E-state index contributed by atoms with van der Waals surface area (Å²) in [5.41, 5.74) is 13.7. The van der Waals surface area contributed by atoms with Crippen LogP contribution in [0.25, 0.3) is 99.0 Å². The maximum absolute atomic E-state index is 14.1. The molecule has 0 aliphatic heterocycles. The molecule has 278 valence electrons. The number of nitrogens with zero attached hydrogens (tertiary/aromatic N) is 1. The van der Waals surface area contributed by atoms with Crippen LogP contribution < -0.4 is 5.56 Å². The Bertz CT molecular complexity index is 3390. The van der Waals surface area contributed by atoms with E-state index in [0.717, 1.165) is 45.9 Å². The van der Waals surface area contributed by atoms with Gasteiger partial charge in [-0.25, -0.2) is 0 Å². The Labute approximate surface area is 343 Å². The zero-order chi connectivity index (χ0) is 39.3. The number of rotatable bonds is 6. The molecule has 0 saturated carbocycles. The third kappa shape index (κ3) is 6.00. The summed E-state index contributed by atoms with van der Waals surface area (Å²) >= 11 is 0. The highest BCUT2D eigenvalue weighted by atomic mass is 16.1. The molecule has 2 heteroatoms. The van der Waals surface area contributed by atoms with Gasteiger partial charge in [-0.2, -0.15) is 0 Å².